The lowest BCUT2D eigenvalue weighted by Crippen LogP contribution is -1.93. The second-order valence-corrected chi connectivity index (χ2v) is 5.05. The lowest BCUT2D eigenvalue weighted by Gasteiger charge is -1.98. The first-order valence-corrected chi connectivity index (χ1v) is 6.41. The third-order valence-corrected chi connectivity index (χ3v) is 3.77. The van der Waals surface area contributed by atoms with E-state index in [9.17, 15) is 9.18 Å². The fourth-order valence-corrected chi connectivity index (χ4v) is 2.87. The number of thiophene rings is 1. The molecule has 0 saturated heterocycles. The van der Waals surface area contributed by atoms with E-state index in [2.05, 4.69) is 4.98 Å². The monoisotopic (exact) mass is 259 g/mol. The predicted octanol–water partition coefficient (Wildman–Crippen LogP) is 4.24. The highest BCUT2D eigenvalue weighted by Crippen LogP contribution is 2.33. The molecule has 2 aromatic heterocycles. The smallest absolute Gasteiger partial charge is 0.162 e. The fraction of sp³-hybridized carbons (Fsp3) is 0.0714. The molecule has 0 saturated carbocycles. The summed E-state index contributed by atoms with van der Waals surface area (Å²) in [5.41, 5.74) is 2.12. The van der Waals surface area contributed by atoms with Gasteiger partial charge in [0.1, 0.15) is 5.82 Å². The predicted molar refractivity (Wildman–Crippen MR) is 71.6 cm³/mol. The first-order chi connectivity index (χ1) is 8.66. The Morgan fingerprint density at radius 3 is 2.83 bits per heavy atom. The number of rotatable bonds is 2. The van der Waals surface area contributed by atoms with Gasteiger partial charge in [-0.15, -0.1) is 11.3 Å². The maximum atomic E-state index is 13.3. The van der Waals surface area contributed by atoms with Crippen LogP contribution in [0.3, 0.4) is 0 Å². The molecule has 0 bridgehead atoms. The number of hydrogen-bond acceptors (Lipinski definition) is 2. The van der Waals surface area contributed by atoms with Crippen LogP contribution in [-0.2, 0) is 0 Å². The van der Waals surface area contributed by atoms with Crippen LogP contribution in [0, 0.1) is 5.82 Å². The van der Waals surface area contributed by atoms with Gasteiger partial charge >= 0.3 is 0 Å². The minimum atomic E-state index is -0.332. The summed E-state index contributed by atoms with van der Waals surface area (Å²) in [4.78, 5) is 16.0. The summed E-state index contributed by atoms with van der Waals surface area (Å²) >= 11 is 1.55. The molecule has 18 heavy (non-hydrogen) atoms. The molecule has 0 aliphatic carbocycles. The number of ketones is 1. The van der Waals surface area contributed by atoms with Crippen molar-refractivity contribution in [2.24, 2.45) is 0 Å². The number of aromatic nitrogens is 1. The van der Waals surface area contributed by atoms with E-state index in [1.807, 2.05) is 17.5 Å². The summed E-state index contributed by atoms with van der Waals surface area (Å²) in [7, 11) is 0. The third-order valence-electron chi connectivity index (χ3n) is 2.88. The van der Waals surface area contributed by atoms with Crippen LogP contribution in [0.5, 0.6) is 0 Å². The highest BCUT2D eigenvalue weighted by Gasteiger charge is 2.17. The highest BCUT2D eigenvalue weighted by molar-refractivity contribution is 7.13. The van der Waals surface area contributed by atoms with Crippen LogP contribution in [-0.4, -0.2) is 10.8 Å². The number of nitrogens with one attached hydrogen (secondary N) is 1. The van der Waals surface area contributed by atoms with E-state index in [-0.39, 0.29) is 11.6 Å². The Bertz CT molecular complexity index is 728. The largest absolute Gasteiger partial charge is 0.353 e. The minimum Gasteiger partial charge on any atom is -0.353 e. The summed E-state index contributed by atoms with van der Waals surface area (Å²) in [5.74, 6) is -0.392. The standard InChI is InChI=1S/C14H10FNOS/c1-8(17)13-10-7-9(15)4-5-11(10)16-14(13)12-3-2-6-18-12/h2-7,16H,1H3. The Hall–Kier alpha value is -1.94. The van der Waals surface area contributed by atoms with Gasteiger partial charge in [-0.2, -0.15) is 0 Å². The zero-order valence-corrected chi connectivity index (χ0v) is 10.5. The molecule has 3 rings (SSSR count). The van der Waals surface area contributed by atoms with E-state index >= 15 is 0 Å². The quantitative estimate of drug-likeness (QED) is 0.686. The zero-order valence-electron chi connectivity index (χ0n) is 9.66. The average Bonchev–Trinajstić information content (AvgIpc) is 2.94. The first kappa shape index (κ1) is 11.2. The number of aromatic amines is 1. The van der Waals surface area contributed by atoms with Crippen LogP contribution < -0.4 is 0 Å². The number of fused-ring (bicyclic) bond motifs is 1. The van der Waals surface area contributed by atoms with Gasteiger partial charge in [-0.1, -0.05) is 6.07 Å². The highest BCUT2D eigenvalue weighted by atomic mass is 32.1. The Balaban J connectivity index is 2.38. The molecule has 3 aromatic rings. The second kappa shape index (κ2) is 4.07. The molecule has 2 heterocycles. The van der Waals surface area contributed by atoms with Gasteiger partial charge in [0.2, 0.25) is 0 Å². The molecule has 0 spiro atoms. The molecule has 2 nitrogen and oxygen atoms in total. The number of carbonyl (C=O) groups excluding carboxylic acids is 1. The van der Waals surface area contributed by atoms with Crippen LogP contribution in [0.25, 0.3) is 21.5 Å². The van der Waals surface area contributed by atoms with Gasteiger partial charge in [0.15, 0.2) is 5.78 Å². The van der Waals surface area contributed by atoms with Crippen LogP contribution >= 0.6 is 11.3 Å². The third kappa shape index (κ3) is 1.66. The Labute approximate surface area is 107 Å². The minimum absolute atomic E-state index is 0.0600. The maximum Gasteiger partial charge on any atom is 0.162 e. The molecule has 0 atom stereocenters. The van der Waals surface area contributed by atoms with E-state index in [1.54, 1.807) is 17.4 Å². The Morgan fingerprint density at radius 2 is 2.17 bits per heavy atom. The van der Waals surface area contributed by atoms with Crippen molar-refractivity contribution in [1.82, 2.24) is 4.98 Å². The topological polar surface area (TPSA) is 32.9 Å². The van der Waals surface area contributed by atoms with E-state index in [1.165, 1.54) is 19.1 Å². The van der Waals surface area contributed by atoms with Gasteiger partial charge in [0.25, 0.3) is 0 Å². The van der Waals surface area contributed by atoms with Crippen molar-refractivity contribution >= 4 is 28.0 Å². The van der Waals surface area contributed by atoms with Crippen molar-refractivity contribution in [3.63, 3.8) is 0 Å². The molecule has 1 N–H and O–H groups in total. The van der Waals surface area contributed by atoms with Crippen molar-refractivity contribution < 1.29 is 9.18 Å². The van der Waals surface area contributed by atoms with E-state index in [0.717, 1.165) is 16.1 Å². The molecule has 1 aromatic carbocycles. The molecular formula is C14H10FNOS. The molecule has 0 aliphatic rings. The summed E-state index contributed by atoms with van der Waals surface area (Å²) in [6.45, 7) is 1.50. The van der Waals surface area contributed by atoms with Crippen molar-refractivity contribution in [2.45, 2.75) is 6.92 Å². The number of Topliss-reactive ketones (excluding diaryl/α,β-unsaturated/α-hetero) is 1. The number of benzene rings is 1. The van der Waals surface area contributed by atoms with Crippen LogP contribution in [0.15, 0.2) is 35.7 Å². The van der Waals surface area contributed by atoms with E-state index in [4.69, 9.17) is 0 Å². The van der Waals surface area contributed by atoms with Crippen LogP contribution in [0.1, 0.15) is 17.3 Å². The Kier molecular flexibility index (Phi) is 2.52. The first-order valence-electron chi connectivity index (χ1n) is 5.53. The Morgan fingerprint density at radius 1 is 1.33 bits per heavy atom. The van der Waals surface area contributed by atoms with Crippen LogP contribution in [0.4, 0.5) is 4.39 Å². The van der Waals surface area contributed by atoms with E-state index < -0.39 is 0 Å². The summed E-state index contributed by atoms with van der Waals surface area (Å²) < 4.78 is 13.3. The van der Waals surface area contributed by atoms with Gasteiger partial charge in [-0.3, -0.25) is 4.79 Å². The summed E-state index contributed by atoms with van der Waals surface area (Å²) in [5, 5.41) is 2.59. The summed E-state index contributed by atoms with van der Waals surface area (Å²) in [6.07, 6.45) is 0. The van der Waals surface area contributed by atoms with Gasteiger partial charge in [0, 0.05) is 10.9 Å². The van der Waals surface area contributed by atoms with Gasteiger partial charge in [-0.05, 0) is 36.6 Å². The molecule has 0 unspecified atom stereocenters. The lowest BCUT2D eigenvalue weighted by molar-refractivity contribution is 0.102. The molecule has 4 heteroatoms. The second-order valence-electron chi connectivity index (χ2n) is 4.10. The summed E-state index contributed by atoms with van der Waals surface area (Å²) in [6, 6.07) is 8.32. The molecule has 0 fully saturated rings. The van der Waals surface area contributed by atoms with Crippen LogP contribution in [0.2, 0.25) is 0 Å². The zero-order chi connectivity index (χ0) is 12.7. The molecule has 0 amide bonds. The molecular weight excluding hydrogens is 249 g/mol. The number of H-pyrrole nitrogens is 1. The molecule has 90 valence electrons. The van der Waals surface area contributed by atoms with Gasteiger partial charge in [0.05, 0.1) is 16.1 Å². The van der Waals surface area contributed by atoms with Crippen molar-refractivity contribution in [2.75, 3.05) is 0 Å². The number of hydrogen-bond donors (Lipinski definition) is 1. The van der Waals surface area contributed by atoms with Gasteiger partial charge < -0.3 is 4.98 Å². The lowest BCUT2D eigenvalue weighted by atomic mass is 10.1. The maximum absolute atomic E-state index is 13.3. The molecule has 0 aliphatic heterocycles. The van der Waals surface area contributed by atoms with Crippen molar-refractivity contribution in [3.8, 4) is 10.6 Å². The van der Waals surface area contributed by atoms with Gasteiger partial charge in [-0.25, -0.2) is 4.39 Å². The fourth-order valence-electron chi connectivity index (χ4n) is 2.14. The number of carbonyl (C=O) groups is 1. The normalized spacial score (nSPS) is 11.0. The van der Waals surface area contributed by atoms with E-state index in [0.29, 0.717) is 10.9 Å². The molecule has 0 radical (unpaired) electrons. The van der Waals surface area contributed by atoms with Crippen molar-refractivity contribution in [3.05, 3.63) is 47.1 Å². The van der Waals surface area contributed by atoms with Crippen molar-refractivity contribution in [1.29, 1.82) is 0 Å². The number of halogens is 1. The average molecular weight is 259 g/mol. The SMILES string of the molecule is CC(=O)c1c(-c2cccs2)[nH]c2ccc(F)cc12.